The van der Waals surface area contributed by atoms with Gasteiger partial charge in [0, 0.05) is 19.3 Å². The number of ether oxygens (including phenoxy) is 3. The maximum absolute atomic E-state index is 12.7. The number of unbranched alkanes of at least 4 members (excludes halogenated alkanes) is 23. The van der Waals surface area contributed by atoms with Crippen molar-refractivity contribution in [3.63, 3.8) is 0 Å². The van der Waals surface area contributed by atoms with Gasteiger partial charge in [-0.1, -0.05) is 234 Å². The predicted octanol–water partition coefficient (Wildman–Crippen LogP) is 18.0. The number of esters is 3. The Morgan fingerprint density at radius 1 is 0.323 bits per heavy atom. The van der Waals surface area contributed by atoms with Crippen LogP contribution in [0, 0.1) is 0 Å². The third-order valence-corrected chi connectivity index (χ3v) is 11.4. The highest BCUT2D eigenvalue weighted by molar-refractivity contribution is 5.71. The van der Waals surface area contributed by atoms with Gasteiger partial charge in [-0.2, -0.15) is 0 Å². The van der Waals surface area contributed by atoms with Crippen LogP contribution < -0.4 is 0 Å². The second-order valence-corrected chi connectivity index (χ2v) is 17.8. The first kappa shape index (κ1) is 61.6. The van der Waals surface area contributed by atoms with Crippen LogP contribution in [0.3, 0.4) is 0 Å². The van der Waals surface area contributed by atoms with E-state index in [2.05, 4.69) is 93.7 Å². The average molecular weight is 905 g/mol. The first-order valence-electron chi connectivity index (χ1n) is 27.1. The van der Waals surface area contributed by atoms with Crippen molar-refractivity contribution in [3.05, 3.63) is 85.1 Å². The van der Waals surface area contributed by atoms with Gasteiger partial charge in [-0.15, -0.1) is 0 Å². The molecule has 65 heavy (non-hydrogen) atoms. The molecular weight excluding hydrogens is 805 g/mol. The van der Waals surface area contributed by atoms with Crippen molar-refractivity contribution < 1.29 is 28.6 Å². The molecule has 0 radical (unpaired) electrons. The molecule has 0 aliphatic rings. The quantitative estimate of drug-likeness (QED) is 0.0262. The number of hydrogen-bond acceptors (Lipinski definition) is 6. The van der Waals surface area contributed by atoms with E-state index in [9.17, 15) is 14.4 Å². The molecular formula is C59H100O6. The zero-order chi connectivity index (χ0) is 47.2. The van der Waals surface area contributed by atoms with Crippen molar-refractivity contribution in [3.8, 4) is 0 Å². The summed E-state index contributed by atoms with van der Waals surface area (Å²) in [6.07, 6.45) is 69.3. The highest BCUT2D eigenvalue weighted by atomic mass is 16.6. The maximum Gasteiger partial charge on any atom is 0.306 e. The monoisotopic (exact) mass is 905 g/mol. The van der Waals surface area contributed by atoms with Gasteiger partial charge in [0.25, 0.3) is 0 Å². The highest BCUT2D eigenvalue weighted by Gasteiger charge is 2.19. The Morgan fingerprint density at radius 3 is 1.00 bits per heavy atom. The number of allylic oxidation sites excluding steroid dienone is 14. The minimum atomic E-state index is -0.809. The topological polar surface area (TPSA) is 78.9 Å². The van der Waals surface area contributed by atoms with Gasteiger partial charge in [-0.25, -0.2) is 0 Å². The molecule has 0 aliphatic carbocycles. The lowest BCUT2D eigenvalue weighted by Gasteiger charge is -2.18. The average Bonchev–Trinajstić information content (AvgIpc) is 3.30. The van der Waals surface area contributed by atoms with Crippen molar-refractivity contribution in [1.82, 2.24) is 0 Å². The van der Waals surface area contributed by atoms with E-state index >= 15 is 0 Å². The van der Waals surface area contributed by atoms with Gasteiger partial charge in [0.1, 0.15) is 13.2 Å². The molecule has 0 aliphatic heterocycles. The predicted molar refractivity (Wildman–Crippen MR) is 279 cm³/mol. The third-order valence-electron chi connectivity index (χ3n) is 11.4. The molecule has 372 valence electrons. The second-order valence-electron chi connectivity index (χ2n) is 17.8. The summed E-state index contributed by atoms with van der Waals surface area (Å²) in [5, 5.41) is 0. The zero-order valence-electron chi connectivity index (χ0n) is 42.5. The molecule has 0 bridgehead atoms. The van der Waals surface area contributed by atoms with E-state index in [1.54, 1.807) is 0 Å². The van der Waals surface area contributed by atoms with Gasteiger partial charge >= 0.3 is 17.9 Å². The summed E-state index contributed by atoms with van der Waals surface area (Å²) in [7, 11) is 0. The van der Waals surface area contributed by atoms with Gasteiger partial charge in [0.05, 0.1) is 0 Å². The van der Waals surface area contributed by atoms with Gasteiger partial charge in [-0.05, 0) is 83.5 Å². The Bertz CT molecular complexity index is 1270. The number of carbonyl (C=O) groups excluding carboxylic acids is 3. The Kier molecular flexibility index (Phi) is 50.4. The second kappa shape index (κ2) is 53.2. The summed E-state index contributed by atoms with van der Waals surface area (Å²) in [6.45, 7) is 6.36. The van der Waals surface area contributed by atoms with Crippen LogP contribution in [0.5, 0.6) is 0 Å². The minimum Gasteiger partial charge on any atom is -0.462 e. The van der Waals surface area contributed by atoms with Crippen molar-refractivity contribution in [2.45, 2.75) is 258 Å². The minimum absolute atomic E-state index is 0.105. The molecule has 0 rings (SSSR count). The molecule has 0 heterocycles. The van der Waals surface area contributed by atoms with E-state index < -0.39 is 12.1 Å². The molecule has 0 spiro atoms. The van der Waals surface area contributed by atoms with E-state index in [4.69, 9.17) is 14.2 Å². The van der Waals surface area contributed by atoms with Crippen molar-refractivity contribution in [2.75, 3.05) is 13.2 Å². The molecule has 0 saturated carbocycles. The van der Waals surface area contributed by atoms with E-state index in [1.165, 1.54) is 116 Å². The lowest BCUT2D eigenvalue weighted by atomic mass is 10.0. The number of carbonyl (C=O) groups is 3. The zero-order valence-corrected chi connectivity index (χ0v) is 42.5. The normalized spacial score (nSPS) is 12.7. The van der Waals surface area contributed by atoms with E-state index in [0.717, 1.165) is 89.9 Å². The Labute approximate surface area is 401 Å². The smallest absolute Gasteiger partial charge is 0.306 e. The number of rotatable bonds is 48. The van der Waals surface area contributed by atoms with Crippen LogP contribution in [0.15, 0.2) is 85.1 Å². The molecule has 1 atom stereocenters. The van der Waals surface area contributed by atoms with Crippen LogP contribution in [0.2, 0.25) is 0 Å². The lowest BCUT2D eigenvalue weighted by molar-refractivity contribution is -0.166. The van der Waals surface area contributed by atoms with Crippen molar-refractivity contribution >= 4 is 17.9 Å². The molecule has 0 amide bonds. The summed E-state index contributed by atoms with van der Waals surface area (Å²) in [6, 6.07) is 0. The summed E-state index contributed by atoms with van der Waals surface area (Å²) in [4.78, 5) is 37.6. The van der Waals surface area contributed by atoms with Crippen molar-refractivity contribution in [1.29, 1.82) is 0 Å². The van der Waals surface area contributed by atoms with Crippen LogP contribution in [0.1, 0.15) is 252 Å². The Hall–Kier alpha value is -3.41. The van der Waals surface area contributed by atoms with Crippen LogP contribution in [0.4, 0.5) is 0 Å². The fraction of sp³-hybridized carbons (Fsp3) is 0.712. The summed E-state index contributed by atoms with van der Waals surface area (Å²) >= 11 is 0. The molecule has 0 aromatic heterocycles. The Morgan fingerprint density at radius 2 is 0.631 bits per heavy atom. The largest absolute Gasteiger partial charge is 0.462 e. The third kappa shape index (κ3) is 51.4. The molecule has 6 heteroatoms. The first-order chi connectivity index (χ1) is 32.0. The van der Waals surface area contributed by atoms with E-state index in [1.807, 2.05) is 12.2 Å². The standard InChI is InChI=1S/C59H100O6/c1-4-7-10-13-15-17-19-21-22-23-24-25-26-27-28-29-30-31-32-33-34-35-36-38-39-41-43-46-49-52-58(61)64-55-56(54-63-57(60)51-48-45-12-9-6-3)65-59(62)53-50-47-44-42-40-37-20-18-16-14-11-8-5-2/h8,11,16,18-19,21,23-24,26-27,37,40,44,47,56H,4-7,9-10,12-15,17,20,22,25,28-36,38-39,41-43,45-46,48-55H2,1-3H3/b11-8-,18-16-,21-19-,24-23-,27-26-,40-37-,47-44-. The maximum atomic E-state index is 12.7. The molecule has 0 aromatic carbocycles. The summed E-state index contributed by atoms with van der Waals surface area (Å²) < 4.78 is 16.6. The summed E-state index contributed by atoms with van der Waals surface area (Å²) in [5.74, 6) is -1.00. The molecule has 0 N–H and O–H groups in total. The van der Waals surface area contributed by atoms with Crippen LogP contribution in [-0.2, 0) is 28.6 Å². The Balaban J connectivity index is 4.05. The SMILES string of the molecule is CC/C=C\C/C=C\C/C=C\C/C=C\CCC(=O)OC(COC(=O)CCCCCCC)COC(=O)CCCCCCCCCCCCCCCC/C=C\C/C=C\C/C=C\CCCCCCC. The molecule has 0 saturated heterocycles. The fourth-order valence-corrected chi connectivity index (χ4v) is 7.35. The molecule has 0 aromatic rings. The lowest BCUT2D eigenvalue weighted by Crippen LogP contribution is -2.30. The number of hydrogen-bond donors (Lipinski definition) is 0. The van der Waals surface area contributed by atoms with Gasteiger partial charge < -0.3 is 14.2 Å². The molecule has 0 fully saturated rings. The molecule has 6 nitrogen and oxygen atoms in total. The van der Waals surface area contributed by atoms with E-state index in [0.29, 0.717) is 19.3 Å². The highest BCUT2D eigenvalue weighted by Crippen LogP contribution is 2.15. The molecule has 1 unspecified atom stereocenters. The van der Waals surface area contributed by atoms with Gasteiger partial charge in [0.15, 0.2) is 6.10 Å². The van der Waals surface area contributed by atoms with Crippen LogP contribution in [-0.4, -0.2) is 37.2 Å². The first-order valence-corrected chi connectivity index (χ1v) is 27.1. The van der Waals surface area contributed by atoms with Crippen LogP contribution in [0.25, 0.3) is 0 Å². The van der Waals surface area contributed by atoms with Crippen molar-refractivity contribution in [2.24, 2.45) is 0 Å². The summed E-state index contributed by atoms with van der Waals surface area (Å²) in [5.41, 5.74) is 0. The van der Waals surface area contributed by atoms with Gasteiger partial charge in [-0.3, -0.25) is 14.4 Å². The van der Waals surface area contributed by atoms with Gasteiger partial charge in [0.2, 0.25) is 0 Å². The fourth-order valence-electron chi connectivity index (χ4n) is 7.35. The van der Waals surface area contributed by atoms with E-state index in [-0.39, 0.29) is 31.6 Å². The van der Waals surface area contributed by atoms with Crippen LogP contribution >= 0.6 is 0 Å².